The van der Waals surface area contributed by atoms with E-state index in [2.05, 4.69) is 4.98 Å². The van der Waals surface area contributed by atoms with Crippen LogP contribution in [-0.2, 0) is 6.42 Å². The fourth-order valence-corrected chi connectivity index (χ4v) is 2.89. The number of aliphatic hydroxyl groups excluding tert-OH is 1. The highest BCUT2D eigenvalue weighted by Crippen LogP contribution is 2.25. The van der Waals surface area contributed by atoms with Gasteiger partial charge in [0.2, 0.25) is 0 Å². The van der Waals surface area contributed by atoms with Crippen LogP contribution in [0.5, 0.6) is 0 Å². The lowest BCUT2D eigenvalue weighted by Gasteiger charge is -2.14. The van der Waals surface area contributed by atoms with Crippen LogP contribution < -0.4 is 0 Å². The van der Waals surface area contributed by atoms with Gasteiger partial charge in [0.25, 0.3) is 0 Å². The molecule has 1 N–H and O–H groups in total. The molecule has 0 aliphatic carbocycles. The lowest BCUT2D eigenvalue weighted by molar-refractivity contribution is 0.259. The second-order valence-electron chi connectivity index (χ2n) is 4.33. The summed E-state index contributed by atoms with van der Waals surface area (Å²) in [6.45, 7) is 2.20. The van der Waals surface area contributed by atoms with Gasteiger partial charge in [0.1, 0.15) is 0 Å². The molecule has 1 aromatic carbocycles. The summed E-state index contributed by atoms with van der Waals surface area (Å²) in [4.78, 5) is 5.55. The molecule has 96 valence electrons. The smallest absolute Gasteiger partial charge is 0.0797 e. The minimum Gasteiger partial charge on any atom is -0.396 e. The van der Waals surface area contributed by atoms with Crippen molar-refractivity contribution in [2.45, 2.75) is 25.7 Å². The Hall–Kier alpha value is -0.900. The number of benzene rings is 1. The number of hydrogen-bond acceptors (Lipinski definition) is 3. The van der Waals surface area contributed by atoms with Gasteiger partial charge >= 0.3 is 0 Å². The van der Waals surface area contributed by atoms with Gasteiger partial charge in [-0.15, -0.1) is 11.3 Å². The minimum absolute atomic E-state index is 0.166. The van der Waals surface area contributed by atoms with Crippen molar-refractivity contribution in [2.75, 3.05) is 6.61 Å². The highest BCUT2D eigenvalue weighted by Gasteiger charge is 2.12. The van der Waals surface area contributed by atoms with Crippen molar-refractivity contribution >= 4 is 22.9 Å². The third-order valence-corrected chi connectivity index (χ3v) is 4.37. The van der Waals surface area contributed by atoms with Crippen molar-refractivity contribution in [3.05, 3.63) is 50.9 Å². The van der Waals surface area contributed by atoms with Crippen LogP contribution in [0.1, 0.15) is 28.5 Å². The molecule has 18 heavy (non-hydrogen) atoms. The highest BCUT2D eigenvalue weighted by atomic mass is 35.5. The maximum absolute atomic E-state index is 9.50. The molecule has 0 aliphatic heterocycles. The molecule has 0 radical (unpaired) electrons. The van der Waals surface area contributed by atoms with Crippen LogP contribution in [0.15, 0.2) is 29.8 Å². The quantitative estimate of drug-likeness (QED) is 0.904. The number of aliphatic hydroxyl groups is 1. The number of halogens is 1. The third kappa shape index (κ3) is 3.31. The number of thiazole rings is 1. The first-order chi connectivity index (χ1) is 8.70. The van der Waals surface area contributed by atoms with E-state index in [1.807, 2.05) is 36.7 Å². The molecule has 2 aromatic rings. The Morgan fingerprint density at radius 3 is 2.61 bits per heavy atom. The first-order valence-corrected chi connectivity index (χ1v) is 7.21. The van der Waals surface area contributed by atoms with Crippen molar-refractivity contribution in [3.63, 3.8) is 0 Å². The molecule has 1 aromatic heterocycles. The SMILES string of the molecule is Cc1ncsc1CCC(CO)c1ccc(Cl)cc1. The second kappa shape index (κ2) is 6.32. The van der Waals surface area contributed by atoms with Gasteiger partial charge in [-0.1, -0.05) is 23.7 Å². The van der Waals surface area contributed by atoms with E-state index >= 15 is 0 Å². The predicted molar refractivity (Wildman–Crippen MR) is 76.5 cm³/mol. The third-order valence-electron chi connectivity index (χ3n) is 3.13. The zero-order chi connectivity index (χ0) is 13.0. The summed E-state index contributed by atoms with van der Waals surface area (Å²) in [6, 6.07) is 7.72. The molecule has 1 atom stereocenters. The first-order valence-electron chi connectivity index (χ1n) is 5.96. The van der Waals surface area contributed by atoms with Crippen LogP contribution in [0, 0.1) is 6.92 Å². The molecule has 0 aliphatic rings. The number of aromatic nitrogens is 1. The van der Waals surface area contributed by atoms with E-state index in [-0.39, 0.29) is 12.5 Å². The lowest BCUT2D eigenvalue weighted by atomic mass is 9.94. The lowest BCUT2D eigenvalue weighted by Crippen LogP contribution is -2.05. The van der Waals surface area contributed by atoms with E-state index in [0.717, 1.165) is 29.1 Å². The van der Waals surface area contributed by atoms with E-state index in [4.69, 9.17) is 11.6 Å². The Labute approximate surface area is 116 Å². The maximum Gasteiger partial charge on any atom is 0.0797 e. The monoisotopic (exact) mass is 281 g/mol. The van der Waals surface area contributed by atoms with Crippen LogP contribution in [0.2, 0.25) is 5.02 Å². The fourth-order valence-electron chi connectivity index (χ4n) is 1.97. The molecule has 1 unspecified atom stereocenters. The number of hydrogen-bond donors (Lipinski definition) is 1. The van der Waals surface area contributed by atoms with Crippen LogP contribution in [-0.4, -0.2) is 16.7 Å². The molecule has 0 fully saturated rings. The fraction of sp³-hybridized carbons (Fsp3) is 0.357. The molecule has 2 nitrogen and oxygen atoms in total. The van der Waals surface area contributed by atoms with Gasteiger partial charge in [-0.2, -0.15) is 0 Å². The van der Waals surface area contributed by atoms with Crippen LogP contribution in [0.25, 0.3) is 0 Å². The zero-order valence-corrected chi connectivity index (χ0v) is 11.8. The van der Waals surface area contributed by atoms with E-state index in [9.17, 15) is 5.11 Å². The Bertz CT molecular complexity index is 495. The normalized spacial score (nSPS) is 12.6. The summed E-state index contributed by atoms with van der Waals surface area (Å²) < 4.78 is 0. The zero-order valence-electron chi connectivity index (χ0n) is 10.3. The summed E-state index contributed by atoms with van der Waals surface area (Å²) in [5.41, 5.74) is 4.12. The average Bonchev–Trinajstić information content (AvgIpc) is 2.78. The van der Waals surface area contributed by atoms with E-state index in [1.54, 1.807) is 11.3 Å². The van der Waals surface area contributed by atoms with Gasteiger partial charge in [-0.25, -0.2) is 4.98 Å². The van der Waals surface area contributed by atoms with Crippen molar-refractivity contribution in [3.8, 4) is 0 Å². The molecule has 2 rings (SSSR count). The number of aryl methyl sites for hydroxylation is 2. The Morgan fingerprint density at radius 1 is 1.33 bits per heavy atom. The Morgan fingerprint density at radius 2 is 2.06 bits per heavy atom. The Kier molecular flexibility index (Phi) is 4.75. The standard InChI is InChI=1S/C14H16ClNOS/c1-10-14(18-9-16-10)7-4-12(8-17)11-2-5-13(15)6-3-11/h2-3,5-6,9,12,17H,4,7-8H2,1H3. The van der Waals surface area contributed by atoms with Gasteiger partial charge in [0.15, 0.2) is 0 Å². The summed E-state index contributed by atoms with van der Waals surface area (Å²) >= 11 is 7.56. The van der Waals surface area contributed by atoms with Crippen molar-refractivity contribution in [1.29, 1.82) is 0 Å². The van der Waals surface area contributed by atoms with E-state index < -0.39 is 0 Å². The van der Waals surface area contributed by atoms with Crippen molar-refractivity contribution in [2.24, 2.45) is 0 Å². The molecule has 0 spiro atoms. The molecule has 0 amide bonds. The molecule has 4 heteroatoms. The van der Waals surface area contributed by atoms with Crippen molar-refractivity contribution in [1.82, 2.24) is 4.98 Å². The Balaban J connectivity index is 2.01. The van der Waals surface area contributed by atoms with Gasteiger partial charge < -0.3 is 5.11 Å². The predicted octanol–water partition coefficient (Wildman–Crippen LogP) is 3.81. The minimum atomic E-state index is 0.166. The highest BCUT2D eigenvalue weighted by molar-refractivity contribution is 7.09. The van der Waals surface area contributed by atoms with Crippen LogP contribution in [0.3, 0.4) is 0 Å². The largest absolute Gasteiger partial charge is 0.396 e. The van der Waals surface area contributed by atoms with Crippen LogP contribution >= 0.6 is 22.9 Å². The first kappa shape index (κ1) is 13.5. The van der Waals surface area contributed by atoms with Gasteiger partial charge in [-0.3, -0.25) is 0 Å². The molecule has 0 saturated carbocycles. The molecule has 1 heterocycles. The molecular weight excluding hydrogens is 266 g/mol. The van der Waals surface area contributed by atoms with Crippen molar-refractivity contribution < 1.29 is 5.11 Å². The van der Waals surface area contributed by atoms with Gasteiger partial charge in [0, 0.05) is 22.4 Å². The summed E-state index contributed by atoms with van der Waals surface area (Å²) in [6.07, 6.45) is 1.89. The second-order valence-corrected chi connectivity index (χ2v) is 5.71. The van der Waals surface area contributed by atoms with E-state index in [1.165, 1.54) is 4.88 Å². The van der Waals surface area contributed by atoms with Gasteiger partial charge in [-0.05, 0) is 37.5 Å². The molecule has 0 bridgehead atoms. The number of nitrogens with zero attached hydrogens (tertiary/aromatic N) is 1. The summed E-state index contributed by atoms with van der Waals surface area (Å²) in [5, 5.41) is 10.2. The molecular formula is C14H16ClNOS. The average molecular weight is 282 g/mol. The topological polar surface area (TPSA) is 33.1 Å². The summed E-state index contributed by atoms with van der Waals surface area (Å²) in [5.74, 6) is 0.170. The van der Waals surface area contributed by atoms with E-state index in [0.29, 0.717) is 0 Å². The number of rotatable bonds is 5. The maximum atomic E-state index is 9.50. The van der Waals surface area contributed by atoms with Gasteiger partial charge in [0.05, 0.1) is 11.2 Å². The molecule has 0 saturated heterocycles. The van der Waals surface area contributed by atoms with Crippen LogP contribution in [0.4, 0.5) is 0 Å². The summed E-state index contributed by atoms with van der Waals surface area (Å²) in [7, 11) is 0.